The SMILES string of the molecule is CSCC[C@@H](NC(=O)CNC(=O)c1ccc(Br)o1)C(=O)O. The Bertz CT molecular complexity index is 520. The summed E-state index contributed by atoms with van der Waals surface area (Å²) in [6.07, 6.45) is 2.17. The van der Waals surface area contributed by atoms with Gasteiger partial charge in [0.25, 0.3) is 5.91 Å². The molecule has 0 saturated carbocycles. The maximum atomic E-state index is 11.6. The summed E-state index contributed by atoms with van der Waals surface area (Å²) < 4.78 is 5.43. The Kier molecular flexibility index (Phi) is 7.30. The van der Waals surface area contributed by atoms with Gasteiger partial charge in [0.2, 0.25) is 5.91 Å². The molecule has 0 aromatic carbocycles. The van der Waals surface area contributed by atoms with Gasteiger partial charge in [-0.05, 0) is 46.5 Å². The molecule has 1 rings (SSSR count). The second-order valence-corrected chi connectivity index (χ2v) is 5.79. The third-order valence-electron chi connectivity index (χ3n) is 2.45. The van der Waals surface area contributed by atoms with Gasteiger partial charge in [0, 0.05) is 0 Å². The van der Waals surface area contributed by atoms with Gasteiger partial charge in [0.05, 0.1) is 6.54 Å². The number of thioether (sulfide) groups is 1. The Morgan fingerprint density at radius 1 is 1.43 bits per heavy atom. The van der Waals surface area contributed by atoms with E-state index >= 15 is 0 Å². The van der Waals surface area contributed by atoms with E-state index in [0.717, 1.165) is 0 Å². The molecule has 0 saturated heterocycles. The number of halogens is 1. The lowest BCUT2D eigenvalue weighted by Gasteiger charge is -2.14. The van der Waals surface area contributed by atoms with Crippen LogP contribution in [0.2, 0.25) is 0 Å². The van der Waals surface area contributed by atoms with Crippen molar-refractivity contribution in [1.29, 1.82) is 0 Å². The first-order valence-corrected chi connectivity index (χ1v) is 8.17. The minimum absolute atomic E-state index is 0.0619. The zero-order valence-corrected chi connectivity index (χ0v) is 13.6. The third kappa shape index (κ3) is 6.21. The fourth-order valence-corrected chi connectivity index (χ4v) is 2.20. The zero-order valence-electron chi connectivity index (χ0n) is 11.2. The number of hydrogen-bond donors (Lipinski definition) is 3. The van der Waals surface area contributed by atoms with Gasteiger partial charge < -0.3 is 20.2 Å². The van der Waals surface area contributed by atoms with E-state index in [1.165, 1.54) is 17.8 Å². The maximum absolute atomic E-state index is 11.6. The molecule has 9 heteroatoms. The second-order valence-electron chi connectivity index (χ2n) is 4.03. The molecule has 3 N–H and O–H groups in total. The highest BCUT2D eigenvalue weighted by molar-refractivity contribution is 9.10. The molecule has 0 fully saturated rings. The largest absolute Gasteiger partial charge is 0.480 e. The van der Waals surface area contributed by atoms with Crippen LogP contribution < -0.4 is 10.6 Å². The van der Waals surface area contributed by atoms with Crippen LogP contribution in [0.15, 0.2) is 21.2 Å². The van der Waals surface area contributed by atoms with Crippen molar-refractivity contribution in [1.82, 2.24) is 10.6 Å². The lowest BCUT2D eigenvalue weighted by molar-refractivity contribution is -0.141. The predicted molar refractivity (Wildman–Crippen MR) is 81.3 cm³/mol. The molecule has 116 valence electrons. The molecule has 0 aliphatic rings. The van der Waals surface area contributed by atoms with Crippen LogP contribution in [-0.4, -0.2) is 47.5 Å². The van der Waals surface area contributed by atoms with Gasteiger partial charge in [-0.1, -0.05) is 0 Å². The Balaban J connectivity index is 2.42. The van der Waals surface area contributed by atoms with Crippen molar-refractivity contribution < 1.29 is 23.9 Å². The molecule has 1 aromatic rings. The van der Waals surface area contributed by atoms with Crippen LogP contribution in [0.4, 0.5) is 0 Å². The lowest BCUT2D eigenvalue weighted by Crippen LogP contribution is -2.45. The smallest absolute Gasteiger partial charge is 0.326 e. The molecular formula is C12H15BrN2O5S. The first kappa shape index (κ1) is 17.6. The highest BCUT2D eigenvalue weighted by Gasteiger charge is 2.20. The van der Waals surface area contributed by atoms with E-state index in [4.69, 9.17) is 9.52 Å². The molecule has 1 atom stereocenters. The van der Waals surface area contributed by atoms with Crippen LogP contribution in [0, 0.1) is 0 Å². The molecule has 2 amide bonds. The molecule has 0 spiro atoms. The number of rotatable bonds is 8. The van der Waals surface area contributed by atoms with E-state index < -0.39 is 23.8 Å². The van der Waals surface area contributed by atoms with Crippen molar-refractivity contribution in [2.24, 2.45) is 0 Å². The number of aliphatic carboxylic acids is 1. The Hall–Kier alpha value is -1.48. The zero-order chi connectivity index (χ0) is 15.8. The summed E-state index contributed by atoms with van der Waals surface area (Å²) in [4.78, 5) is 34.2. The number of furan rings is 1. The van der Waals surface area contributed by atoms with Crippen molar-refractivity contribution in [3.8, 4) is 0 Å². The average Bonchev–Trinajstić information content (AvgIpc) is 2.87. The van der Waals surface area contributed by atoms with E-state index in [0.29, 0.717) is 16.8 Å². The summed E-state index contributed by atoms with van der Waals surface area (Å²) in [5, 5.41) is 13.7. The summed E-state index contributed by atoms with van der Waals surface area (Å²) >= 11 is 4.55. The topological polar surface area (TPSA) is 109 Å². The molecule has 21 heavy (non-hydrogen) atoms. The summed E-state index contributed by atoms with van der Waals surface area (Å²) in [5.41, 5.74) is 0. The monoisotopic (exact) mass is 378 g/mol. The summed E-state index contributed by atoms with van der Waals surface area (Å²) in [6, 6.07) is 2.05. The Morgan fingerprint density at radius 2 is 2.14 bits per heavy atom. The number of carbonyl (C=O) groups is 3. The quantitative estimate of drug-likeness (QED) is 0.624. The standard InChI is InChI=1S/C12H15BrN2O5S/c1-21-5-4-7(12(18)19)15-10(16)6-14-11(17)8-2-3-9(13)20-8/h2-3,7H,4-6H2,1H3,(H,14,17)(H,15,16)(H,18,19)/t7-/m1/s1. The Labute approximate surface area is 134 Å². The fourth-order valence-electron chi connectivity index (χ4n) is 1.42. The van der Waals surface area contributed by atoms with Crippen LogP contribution in [0.3, 0.4) is 0 Å². The molecule has 0 unspecified atom stereocenters. The predicted octanol–water partition coefficient (Wildman–Crippen LogP) is 1.09. The van der Waals surface area contributed by atoms with Gasteiger partial charge >= 0.3 is 5.97 Å². The van der Waals surface area contributed by atoms with Gasteiger partial charge in [0.1, 0.15) is 6.04 Å². The van der Waals surface area contributed by atoms with Crippen molar-refractivity contribution in [2.45, 2.75) is 12.5 Å². The number of carboxylic acids is 1. The fraction of sp³-hybridized carbons (Fsp3) is 0.417. The molecular weight excluding hydrogens is 364 g/mol. The van der Waals surface area contributed by atoms with E-state index in [1.807, 2.05) is 6.26 Å². The average molecular weight is 379 g/mol. The van der Waals surface area contributed by atoms with Crippen molar-refractivity contribution in [3.05, 3.63) is 22.6 Å². The number of nitrogens with one attached hydrogen (secondary N) is 2. The lowest BCUT2D eigenvalue weighted by atomic mass is 10.2. The van der Waals surface area contributed by atoms with Crippen LogP contribution in [-0.2, 0) is 9.59 Å². The summed E-state index contributed by atoms with van der Waals surface area (Å²) in [6.45, 7) is -0.319. The van der Waals surface area contributed by atoms with Gasteiger partial charge in [-0.25, -0.2) is 4.79 Å². The minimum atomic E-state index is -1.10. The highest BCUT2D eigenvalue weighted by atomic mass is 79.9. The van der Waals surface area contributed by atoms with Crippen LogP contribution >= 0.6 is 27.7 Å². The number of hydrogen-bond acceptors (Lipinski definition) is 5. The molecule has 0 aliphatic heterocycles. The van der Waals surface area contributed by atoms with Gasteiger partial charge in [0.15, 0.2) is 10.4 Å². The van der Waals surface area contributed by atoms with E-state index in [2.05, 4.69) is 26.6 Å². The van der Waals surface area contributed by atoms with Crippen molar-refractivity contribution >= 4 is 45.5 Å². The van der Waals surface area contributed by atoms with Crippen molar-refractivity contribution in [3.63, 3.8) is 0 Å². The van der Waals surface area contributed by atoms with Gasteiger partial charge in [-0.15, -0.1) is 0 Å². The summed E-state index contributed by atoms with van der Waals surface area (Å²) in [5.74, 6) is -1.54. The van der Waals surface area contributed by atoms with E-state index in [9.17, 15) is 14.4 Å². The van der Waals surface area contributed by atoms with Crippen LogP contribution in [0.25, 0.3) is 0 Å². The number of amides is 2. The molecule has 0 bridgehead atoms. The molecule has 7 nitrogen and oxygen atoms in total. The first-order chi connectivity index (χ1) is 9.93. The molecule has 1 aromatic heterocycles. The normalized spacial score (nSPS) is 11.7. The highest BCUT2D eigenvalue weighted by Crippen LogP contribution is 2.13. The number of carbonyl (C=O) groups excluding carboxylic acids is 2. The molecule has 0 aliphatic carbocycles. The minimum Gasteiger partial charge on any atom is -0.480 e. The van der Waals surface area contributed by atoms with Crippen molar-refractivity contribution in [2.75, 3.05) is 18.6 Å². The molecule has 1 heterocycles. The molecule has 0 radical (unpaired) electrons. The second kappa shape index (κ2) is 8.73. The first-order valence-electron chi connectivity index (χ1n) is 5.98. The van der Waals surface area contributed by atoms with Gasteiger partial charge in [-0.3, -0.25) is 9.59 Å². The van der Waals surface area contributed by atoms with Crippen LogP contribution in [0.1, 0.15) is 17.0 Å². The van der Waals surface area contributed by atoms with Gasteiger partial charge in [-0.2, -0.15) is 11.8 Å². The van der Waals surface area contributed by atoms with E-state index in [1.54, 1.807) is 6.07 Å². The number of carboxylic acid groups (broad SMARTS) is 1. The Morgan fingerprint density at radius 3 is 2.67 bits per heavy atom. The van der Waals surface area contributed by atoms with Crippen LogP contribution in [0.5, 0.6) is 0 Å². The maximum Gasteiger partial charge on any atom is 0.326 e. The third-order valence-corrected chi connectivity index (χ3v) is 3.52. The van der Waals surface area contributed by atoms with E-state index in [-0.39, 0.29) is 12.3 Å². The summed E-state index contributed by atoms with van der Waals surface area (Å²) in [7, 11) is 0.